The van der Waals surface area contributed by atoms with Gasteiger partial charge in [0.05, 0.1) is 11.4 Å². The molecular weight excluding hydrogens is 424 g/mol. The molecule has 0 bridgehead atoms. The summed E-state index contributed by atoms with van der Waals surface area (Å²) < 4.78 is 25.6. The summed E-state index contributed by atoms with van der Waals surface area (Å²) in [5, 5.41) is 0. The number of carbonyl (C=O) groups excluding carboxylic acids is 1. The zero-order valence-electron chi connectivity index (χ0n) is 18.7. The van der Waals surface area contributed by atoms with E-state index < -0.39 is 9.84 Å². The highest BCUT2D eigenvalue weighted by atomic mass is 32.2. The lowest BCUT2D eigenvalue weighted by Gasteiger charge is -2.21. The molecule has 0 unspecified atom stereocenters. The maximum absolute atomic E-state index is 12.9. The van der Waals surface area contributed by atoms with Crippen LogP contribution in [0.5, 0.6) is 0 Å². The molecule has 2 heterocycles. The zero-order chi connectivity index (χ0) is 22.9. The summed E-state index contributed by atoms with van der Waals surface area (Å²) in [5.41, 5.74) is 4.33. The fourth-order valence-corrected chi connectivity index (χ4v) is 5.75. The van der Waals surface area contributed by atoms with Crippen LogP contribution in [-0.4, -0.2) is 29.8 Å². The Balaban J connectivity index is 1.75. The molecule has 4 rings (SSSR count). The van der Waals surface area contributed by atoms with E-state index in [9.17, 15) is 18.0 Å². The van der Waals surface area contributed by atoms with E-state index in [1.165, 1.54) is 25.5 Å². The minimum Gasteiger partial charge on any atom is -0.326 e. The van der Waals surface area contributed by atoms with Crippen LogP contribution in [-0.2, 0) is 26.8 Å². The Morgan fingerprint density at radius 2 is 1.91 bits per heavy atom. The molecule has 170 valence electrons. The van der Waals surface area contributed by atoms with Crippen LogP contribution in [0, 0.1) is 12.8 Å². The van der Waals surface area contributed by atoms with Gasteiger partial charge in [0.25, 0.3) is 5.56 Å². The molecule has 7 heteroatoms. The van der Waals surface area contributed by atoms with Crippen LogP contribution in [0.1, 0.15) is 55.2 Å². The van der Waals surface area contributed by atoms with E-state index in [-0.39, 0.29) is 17.1 Å². The van der Waals surface area contributed by atoms with Gasteiger partial charge in [-0.2, -0.15) is 0 Å². The number of hydrogen-bond donors (Lipinski definition) is 1. The van der Waals surface area contributed by atoms with Gasteiger partial charge >= 0.3 is 0 Å². The van der Waals surface area contributed by atoms with E-state index >= 15 is 0 Å². The monoisotopic (exact) mass is 454 g/mol. The molecule has 0 spiro atoms. The van der Waals surface area contributed by atoms with E-state index in [4.69, 9.17) is 0 Å². The van der Waals surface area contributed by atoms with Crippen molar-refractivity contribution in [2.24, 2.45) is 5.92 Å². The molecule has 1 saturated carbocycles. The van der Waals surface area contributed by atoms with Gasteiger partial charge in [-0.25, -0.2) is 8.42 Å². The third-order valence-corrected chi connectivity index (χ3v) is 7.25. The number of fused-ring (bicyclic) bond motifs is 1. The van der Waals surface area contributed by atoms with Gasteiger partial charge in [-0.1, -0.05) is 44.2 Å². The van der Waals surface area contributed by atoms with Crippen LogP contribution < -0.4 is 5.56 Å². The van der Waals surface area contributed by atoms with Crippen LogP contribution in [0.2, 0.25) is 0 Å². The van der Waals surface area contributed by atoms with E-state index in [1.807, 2.05) is 29.5 Å². The molecule has 1 aromatic carbocycles. The highest BCUT2D eigenvalue weighted by Gasteiger charge is 2.20. The number of hydrogen-bond acceptors (Lipinski definition) is 4. The van der Waals surface area contributed by atoms with Gasteiger partial charge < -0.3 is 9.38 Å². The van der Waals surface area contributed by atoms with E-state index in [0.717, 1.165) is 35.2 Å². The number of aromatic nitrogens is 2. The molecule has 1 N–H and O–H groups in total. The Morgan fingerprint density at radius 3 is 2.62 bits per heavy atom. The summed E-state index contributed by atoms with van der Waals surface area (Å²) in [6.45, 7) is 1.88. The standard InChI is InChI=1S/C25H30N2O4S/c1-17-12-23(27-11-10-26-25(29)24(17)27)22-14-19(16-32(2,30)31)8-9-20(22)15-21(28)13-18-6-4-3-5-7-18/h8-12,14,18H,3-7,13,15-16H2,1-2H3,(H,26,29). The number of sulfone groups is 1. The predicted molar refractivity (Wildman–Crippen MR) is 127 cm³/mol. The summed E-state index contributed by atoms with van der Waals surface area (Å²) in [7, 11) is -3.20. The molecular formula is C25H30N2O4S. The molecule has 32 heavy (non-hydrogen) atoms. The van der Waals surface area contributed by atoms with Gasteiger partial charge in [0, 0.05) is 37.1 Å². The second-order valence-corrected chi connectivity index (χ2v) is 11.3. The van der Waals surface area contributed by atoms with E-state index in [2.05, 4.69) is 4.98 Å². The van der Waals surface area contributed by atoms with Crippen molar-refractivity contribution in [1.29, 1.82) is 0 Å². The Hall–Kier alpha value is -2.67. The number of nitrogens with one attached hydrogen (secondary N) is 1. The van der Waals surface area contributed by atoms with Crippen LogP contribution in [0.4, 0.5) is 0 Å². The first-order valence-corrected chi connectivity index (χ1v) is 13.3. The third kappa shape index (κ3) is 5.04. The lowest BCUT2D eigenvalue weighted by molar-refractivity contribution is -0.119. The summed E-state index contributed by atoms with van der Waals surface area (Å²) in [4.78, 5) is 28.0. The van der Waals surface area contributed by atoms with Crippen molar-refractivity contribution in [1.82, 2.24) is 9.38 Å². The average molecular weight is 455 g/mol. The molecule has 2 aromatic heterocycles. The largest absolute Gasteiger partial charge is 0.326 e. The molecule has 0 aliphatic heterocycles. The number of rotatable bonds is 7. The number of H-pyrrole nitrogens is 1. The Morgan fingerprint density at radius 1 is 1.16 bits per heavy atom. The third-order valence-electron chi connectivity index (χ3n) is 6.39. The molecule has 1 aliphatic carbocycles. The molecule has 6 nitrogen and oxygen atoms in total. The lowest BCUT2D eigenvalue weighted by Crippen LogP contribution is -2.14. The van der Waals surface area contributed by atoms with Crippen molar-refractivity contribution in [3.63, 3.8) is 0 Å². The average Bonchev–Trinajstić information content (AvgIpc) is 3.06. The Bertz CT molecular complexity index is 1310. The van der Waals surface area contributed by atoms with Crippen molar-refractivity contribution in [2.45, 2.75) is 57.6 Å². The van der Waals surface area contributed by atoms with Gasteiger partial charge in [0.15, 0.2) is 9.84 Å². The smallest absolute Gasteiger partial charge is 0.272 e. The highest BCUT2D eigenvalue weighted by molar-refractivity contribution is 7.89. The van der Waals surface area contributed by atoms with E-state index in [1.54, 1.807) is 18.5 Å². The molecule has 0 radical (unpaired) electrons. The normalized spacial score (nSPS) is 15.3. The number of aromatic amines is 1. The number of carbonyl (C=O) groups is 1. The number of nitrogens with zero attached hydrogens (tertiary/aromatic N) is 1. The molecule has 1 aliphatic rings. The van der Waals surface area contributed by atoms with Gasteiger partial charge in [0.2, 0.25) is 0 Å². The van der Waals surface area contributed by atoms with Crippen LogP contribution >= 0.6 is 0 Å². The summed E-state index contributed by atoms with van der Waals surface area (Å²) in [5.74, 6) is 0.614. The fraction of sp³-hybridized carbons (Fsp3) is 0.440. The van der Waals surface area contributed by atoms with Gasteiger partial charge in [-0.15, -0.1) is 0 Å². The first-order valence-electron chi connectivity index (χ1n) is 11.2. The number of aryl methyl sites for hydroxylation is 1. The second-order valence-electron chi connectivity index (χ2n) is 9.21. The minimum absolute atomic E-state index is 0.0703. The van der Waals surface area contributed by atoms with Crippen molar-refractivity contribution >= 4 is 21.1 Å². The zero-order valence-corrected chi connectivity index (χ0v) is 19.5. The number of benzene rings is 1. The van der Waals surface area contributed by atoms with Gasteiger partial charge in [-0.3, -0.25) is 9.59 Å². The molecule has 3 aromatic rings. The van der Waals surface area contributed by atoms with E-state index in [0.29, 0.717) is 29.8 Å². The van der Waals surface area contributed by atoms with Crippen molar-refractivity contribution in [3.8, 4) is 11.3 Å². The Labute approximate surface area is 188 Å². The highest BCUT2D eigenvalue weighted by Crippen LogP contribution is 2.31. The summed E-state index contributed by atoms with van der Waals surface area (Å²) in [6.07, 6.45) is 11.4. The minimum atomic E-state index is -3.20. The van der Waals surface area contributed by atoms with Gasteiger partial charge in [-0.05, 0) is 41.7 Å². The van der Waals surface area contributed by atoms with Crippen LogP contribution in [0.3, 0.4) is 0 Å². The number of Topliss-reactive ketones (excluding diaryl/α,β-unsaturated/α-hetero) is 1. The molecule has 0 saturated heterocycles. The first-order chi connectivity index (χ1) is 15.2. The predicted octanol–water partition coefficient (Wildman–Crippen LogP) is 4.23. The topological polar surface area (TPSA) is 88.5 Å². The van der Waals surface area contributed by atoms with Gasteiger partial charge in [0.1, 0.15) is 11.3 Å². The van der Waals surface area contributed by atoms with Crippen LogP contribution in [0.25, 0.3) is 16.8 Å². The van der Waals surface area contributed by atoms with Crippen LogP contribution in [0.15, 0.2) is 41.5 Å². The second kappa shape index (κ2) is 9.06. The fourth-order valence-electron chi connectivity index (χ4n) is 4.97. The van der Waals surface area contributed by atoms with Crippen molar-refractivity contribution in [2.75, 3.05) is 6.26 Å². The Kier molecular flexibility index (Phi) is 6.38. The molecule has 1 fully saturated rings. The lowest BCUT2D eigenvalue weighted by atomic mass is 9.84. The number of ketones is 1. The van der Waals surface area contributed by atoms with Crippen molar-refractivity contribution in [3.05, 3.63) is 63.7 Å². The summed E-state index contributed by atoms with van der Waals surface area (Å²) >= 11 is 0. The molecule has 0 amide bonds. The SMILES string of the molecule is Cc1cc(-c2cc(CS(C)(=O)=O)ccc2CC(=O)CC2CCCCC2)n2cc[nH]c(=O)c12. The maximum atomic E-state index is 12.9. The maximum Gasteiger partial charge on any atom is 0.272 e. The first kappa shape index (κ1) is 22.5. The molecule has 0 atom stereocenters. The summed E-state index contributed by atoms with van der Waals surface area (Å²) in [6, 6.07) is 7.45. The quantitative estimate of drug-likeness (QED) is 0.579. The van der Waals surface area contributed by atoms with Crippen molar-refractivity contribution < 1.29 is 13.2 Å².